The third-order valence-corrected chi connectivity index (χ3v) is 5.79. The molecule has 1 saturated heterocycles. The molecule has 3 amide bonds. The summed E-state index contributed by atoms with van der Waals surface area (Å²) in [5.41, 5.74) is 7.80. The first-order valence-electron chi connectivity index (χ1n) is 8.85. The number of fused-ring (bicyclic) bond motifs is 2. The lowest BCUT2D eigenvalue weighted by atomic mass is 9.84. The molecule has 25 heavy (non-hydrogen) atoms. The third kappa shape index (κ3) is 3.33. The van der Waals surface area contributed by atoms with Gasteiger partial charge >= 0.3 is 6.03 Å². The van der Waals surface area contributed by atoms with Crippen LogP contribution < -0.4 is 21.3 Å². The maximum atomic E-state index is 12.7. The highest BCUT2D eigenvalue weighted by Crippen LogP contribution is 2.47. The summed E-state index contributed by atoms with van der Waals surface area (Å²) in [7, 11) is 0. The minimum atomic E-state index is -0.0835. The molecule has 1 aromatic rings. The summed E-state index contributed by atoms with van der Waals surface area (Å²) in [6.45, 7) is 1.41. The van der Waals surface area contributed by atoms with E-state index in [4.69, 9.17) is 5.73 Å². The predicted molar refractivity (Wildman–Crippen MR) is 100.0 cm³/mol. The lowest BCUT2D eigenvalue weighted by Gasteiger charge is -2.28. The molecule has 0 radical (unpaired) electrons. The number of nitrogens with two attached hydrogens (primary N) is 1. The van der Waals surface area contributed by atoms with Gasteiger partial charge in [0.05, 0.1) is 5.92 Å². The molecule has 4 rings (SSSR count). The van der Waals surface area contributed by atoms with E-state index in [0.717, 1.165) is 37.1 Å². The molecule has 2 bridgehead atoms. The number of carbonyl (C=O) groups is 2. The normalized spacial score (nSPS) is 30.6. The number of benzene rings is 1. The van der Waals surface area contributed by atoms with E-state index in [0.29, 0.717) is 24.9 Å². The van der Waals surface area contributed by atoms with Gasteiger partial charge in [-0.1, -0.05) is 6.07 Å². The minimum absolute atomic E-state index is 0. The molecule has 136 valence electrons. The van der Waals surface area contributed by atoms with Crippen LogP contribution in [0.3, 0.4) is 0 Å². The van der Waals surface area contributed by atoms with Gasteiger partial charge in [-0.05, 0) is 55.7 Å². The van der Waals surface area contributed by atoms with E-state index in [1.165, 1.54) is 0 Å². The molecular formula is C18H25ClN4O2. The van der Waals surface area contributed by atoms with Gasteiger partial charge in [0.2, 0.25) is 5.91 Å². The summed E-state index contributed by atoms with van der Waals surface area (Å²) >= 11 is 0. The van der Waals surface area contributed by atoms with Crippen molar-refractivity contribution in [2.24, 2.45) is 23.5 Å². The molecule has 0 aromatic heterocycles. The van der Waals surface area contributed by atoms with Gasteiger partial charge in [-0.2, -0.15) is 0 Å². The average molecular weight is 365 g/mol. The van der Waals surface area contributed by atoms with Crippen molar-refractivity contribution in [1.82, 2.24) is 5.32 Å². The van der Waals surface area contributed by atoms with Crippen LogP contribution in [0.15, 0.2) is 24.3 Å². The van der Waals surface area contributed by atoms with Crippen LogP contribution in [0.25, 0.3) is 0 Å². The Morgan fingerprint density at radius 1 is 1.28 bits per heavy atom. The fourth-order valence-corrected chi connectivity index (χ4v) is 4.58. The predicted octanol–water partition coefficient (Wildman–Crippen LogP) is 2.34. The second kappa shape index (κ2) is 7.22. The van der Waals surface area contributed by atoms with Gasteiger partial charge in [-0.25, -0.2) is 4.79 Å². The maximum Gasteiger partial charge on any atom is 0.321 e. The Bertz CT molecular complexity index is 666. The summed E-state index contributed by atoms with van der Waals surface area (Å²) < 4.78 is 0. The van der Waals surface area contributed by atoms with Crippen LogP contribution in [0.4, 0.5) is 16.2 Å². The van der Waals surface area contributed by atoms with Gasteiger partial charge in [0.1, 0.15) is 0 Å². The molecule has 1 aliphatic heterocycles. The first-order valence-corrected chi connectivity index (χ1v) is 8.85. The molecule has 7 heteroatoms. The molecule has 3 aliphatic rings. The van der Waals surface area contributed by atoms with E-state index in [2.05, 4.69) is 10.6 Å². The topological polar surface area (TPSA) is 87.5 Å². The van der Waals surface area contributed by atoms with Crippen LogP contribution >= 0.6 is 12.4 Å². The Morgan fingerprint density at radius 2 is 2.08 bits per heavy atom. The van der Waals surface area contributed by atoms with E-state index < -0.39 is 0 Å². The van der Waals surface area contributed by atoms with E-state index in [-0.39, 0.29) is 36.3 Å². The SMILES string of the molecule is Cl.NC1C2CCC(C2)C1C(=O)Nc1cccc(N2CCCNC2=O)c1. The van der Waals surface area contributed by atoms with Crippen LogP contribution in [-0.4, -0.2) is 31.1 Å². The second-order valence-electron chi connectivity index (χ2n) is 7.21. The number of hydrogen-bond acceptors (Lipinski definition) is 3. The van der Waals surface area contributed by atoms with Crippen molar-refractivity contribution in [3.8, 4) is 0 Å². The Kier molecular flexibility index (Phi) is 5.20. The van der Waals surface area contributed by atoms with E-state index >= 15 is 0 Å². The Morgan fingerprint density at radius 3 is 2.80 bits per heavy atom. The fraction of sp³-hybridized carbons (Fsp3) is 0.556. The van der Waals surface area contributed by atoms with Crippen molar-refractivity contribution in [2.45, 2.75) is 31.7 Å². The fourth-order valence-electron chi connectivity index (χ4n) is 4.58. The van der Waals surface area contributed by atoms with Crippen LogP contribution in [0.5, 0.6) is 0 Å². The standard InChI is InChI=1S/C18H24N4O2.ClH/c19-16-12-6-5-11(9-12)15(16)17(23)21-13-3-1-4-14(10-13)22-8-2-7-20-18(22)24;/h1,3-4,10-12,15-16H,2,5-9,19H2,(H,20,24)(H,21,23);1H. The molecular weight excluding hydrogens is 340 g/mol. The number of nitrogens with one attached hydrogen (secondary N) is 2. The Hall–Kier alpha value is -1.79. The van der Waals surface area contributed by atoms with Crippen LogP contribution in [0, 0.1) is 17.8 Å². The van der Waals surface area contributed by atoms with E-state index in [1.807, 2.05) is 24.3 Å². The molecule has 6 nitrogen and oxygen atoms in total. The number of hydrogen-bond donors (Lipinski definition) is 3. The first-order chi connectivity index (χ1) is 11.6. The van der Waals surface area contributed by atoms with Gasteiger partial charge in [0.25, 0.3) is 0 Å². The largest absolute Gasteiger partial charge is 0.338 e. The minimum Gasteiger partial charge on any atom is -0.338 e. The van der Waals surface area contributed by atoms with Crippen molar-refractivity contribution < 1.29 is 9.59 Å². The molecule has 2 aliphatic carbocycles. The number of urea groups is 1. The Labute approximate surface area is 153 Å². The first kappa shape index (κ1) is 18.0. The lowest BCUT2D eigenvalue weighted by molar-refractivity contribution is -0.121. The number of amides is 3. The highest BCUT2D eigenvalue weighted by atomic mass is 35.5. The molecule has 4 unspecified atom stereocenters. The van der Waals surface area contributed by atoms with Gasteiger partial charge in [-0.15, -0.1) is 12.4 Å². The van der Waals surface area contributed by atoms with Crippen molar-refractivity contribution in [3.05, 3.63) is 24.3 Å². The molecule has 1 aromatic carbocycles. The third-order valence-electron chi connectivity index (χ3n) is 5.79. The summed E-state index contributed by atoms with van der Waals surface area (Å²) in [5, 5.41) is 5.86. The van der Waals surface area contributed by atoms with Gasteiger partial charge in [0.15, 0.2) is 0 Å². The average Bonchev–Trinajstić information content (AvgIpc) is 3.16. The van der Waals surface area contributed by atoms with Crippen molar-refractivity contribution >= 4 is 35.7 Å². The van der Waals surface area contributed by atoms with Crippen molar-refractivity contribution in [3.63, 3.8) is 0 Å². The van der Waals surface area contributed by atoms with Crippen molar-refractivity contribution in [2.75, 3.05) is 23.3 Å². The summed E-state index contributed by atoms with van der Waals surface area (Å²) in [6.07, 6.45) is 4.29. The monoisotopic (exact) mass is 364 g/mol. The van der Waals surface area contributed by atoms with Crippen molar-refractivity contribution in [1.29, 1.82) is 0 Å². The number of nitrogens with zero attached hydrogens (tertiary/aromatic N) is 1. The van der Waals surface area contributed by atoms with Crippen LogP contribution in [-0.2, 0) is 4.79 Å². The van der Waals surface area contributed by atoms with Crippen LogP contribution in [0.2, 0.25) is 0 Å². The number of carbonyl (C=O) groups excluding carboxylic acids is 2. The highest BCUT2D eigenvalue weighted by molar-refractivity contribution is 5.96. The van der Waals surface area contributed by atoms with Gasteiger partial charge in [-0.3, -0.25) is 9.69 Å². The van der Waals surface area contributed by atoms with E-state index in [1.54, 1.807) is 4.90 Å². The Balaban J connectivity index is 0.00000182. The zero-order valence-corrected chi connectivity index (χ0v) is 14.9. The molecule has 0 spiro atoms. The number of halogens is 1. The summed E-state index contributed by atoms with van der Waals surface area (Å²) in [4.78, 5) is 26.4. The van der Waals surface area contributed by atoms with Gasteiger partial charge < -0.3 is 16.4 Å². The lowest BCUT2D eigenvalue weighted by Crippen LogP contribution is -2.46. The number of rotatable bonds is 3. The molecule has 2 saturated carbocycles. The maximum absolute atomic E-state index is 12.7. The molecule has 4 N–H and O–H groups in total. The highest BCUT2D eigenvalue weighted by Gasteiger charge is 2.49. The zero-order valence-electron chi connectivity index (χ0n) is 14.1. The number of anilines is 2. The molecule has 3 fully saturated rings. The summed E-state index contributed by atoms with van der Waals surface area (Å²) in [5.74, 6) is 0.885. The summed E-state index contributed by atoms with van der Waals surface area (Å²) in [6, 6.07) is 7.39. The van der Waals surface area contributed by atoms with Crippen LogP contribution in [0.1, 0.15) is 25.7 Å². The molecule has 1 heterocycles. The van der Waals surface area contributed by atoms with E-state index in [9.17, 15) is 9.59 Å². The smallest absolute Gasteiger partial charge is 0.321 e. The quantitative estimate of drug-likeness (QED) is 0.769. The van der Waals surface area contributed by atoms with Gasteiger partial charge in [0, 0.05) is 30.5 Å². The molecule has 4 atom stereocenters. The zero-order chi connectivity index (χ0) is 16.7. The second-order valence-corrected chi connectivity index (χ2v) is 7.21.